The highest BCUT2D eigenvalue weighted by Gasteiger charge is 2.12. The van der Waals surface area contributed by atoms with Gasteiger partial charge in [0.05, 0.1) is 0 Å². The van der Waals surface area contributed by atoms with Crippen LogP contribution >= 0.6 is 0 Å². The van der Waals surface area contributed by atoms with Crippen molar-refractivity contribution in [1.82, 2.24) is 0 Å². The molecule has 0 aliphatic heterocycles. The van der Waals surface area contributed by atoms with Gasteiger partial charge >= 0.3 is 0 Å². The van der Waals surface area contributed by atoms with Crippen molar-refractivity contribution in [3.05, 3.63) is 65.4 Å². The van der Waals surface area contributed by atoms with Gasteiger partial charge in [-0.25, -0.2) is 0 Å². The molecule has 0 aromatic heterocycles. The van der Waals surface area contributed by atoms with E-state index in [0.717, 1.165) is 32.3 Å². The molecule has 0 saturated heterocycles. The average Bonchev–Trinajstić information content (AvgIpc) is 2.65. The van der Waals surface area contributed by atoms with E-state index in [2.05, 4.69) is 0 Å². The molecule has 0 saturated carbocycles. The Morgan fingerprint density at radius 2 is 1.65 bits per heavy atom. The van der Waals surface area contributed by atoms with Crippen LogP contribution in [0.4, 0.5) is 0 Å². The van der Waals surface area contributed by atoms with E-state index in [4.69, 9.17) is 0 Å². The summed E-state index contributed by atoms with van der Waals surface area (Å²) in [6.45, 7) is 0. The fourth-order valence-corrected chi connectivity index (χ4v) is 2.94. The second kappa shape index (κ2) is 3.87. The maximum atomic E-state index is 10.3. The molecule has 20 heavy (non-hydrogen) atoms. The molecule has 2 nitrogen and oxygen atoms in total. The lowest BCUT2D eigenvalue weighted by molar-refractivity contribution is 0.482. The van der Waals surface area contributed by atoms with E-state index < -0.39 is 0 Å². The zero-order valence-electron chi connectivity index (χ0n) is 10.7. The number of aromatic hydroxyl groups is 1. The summed E-state index contributed by atoms with van der Waals surface area (Å²) in [7, 11) is 0. The van der Waals surface area contributed by atoms with Crippen LogP contribution in [0.1, 0.15) is 5.56 Å². The van der Waals surface area contributed by atoms with Crippen molar-refractivity contribution in [2.24, 2.45) is 0 Å². The zero-order chi connectivity index (χ0) is 13.7. The third kappa shape index (κ3) is 1.39. The van der Waals surface area contributed by atoms with E-state index in [1.807, 2.05) is 48.6 Å². The zero-order valence-corrected chi connectivity index (χ0v) is 10.7. The van der Waals surface area contributed by atoms with Crippen LogP contribution in [-0.2, 0) is 0 Å². The summed E-state index contributed by atoms with van der Waals surface area (Å²) in [5, 5.41) is 25.0. The number of phenolic OH excluding ortho intramolecular Hbond substituents is 1. The lowest BCUT2D eigenvalue weighted by Gasteiger charge is -2.10. The molecule has 0 unspecified atom stereocenters. The third-order valence-corrected chi connectivity index (χ3v) is 3.82. The molecule has 0 heterocycles. The van der Waals surface area contributed by atoms with Crippen molar-refractivity contribution in [1.29, 1.82) is 0 Å². The fourth-order valence-electron chi connectivity index (χ4n) is 2.94. The predicted molar refractivity (Wildman–Crippen MR) is 82.5 cm³/mol. The number of benzene rings is 3. The minimum Gasteiger partial charge on any atom is -0.507 e. The monoisotopic (exact) mass is 260 g/mol. The van der Waals surface area contributed by atoms with Crippen LogP contribution in [0.15, 0.2) is 54.6 Å². The number of phenols is 1. The van der Waals surface area contributed by atoms with Crippen molar-refractivity contribution in [3.8, 4) is 5.75 Å². The lowest BCUT2D eigenvalue weighted by Crippen LogP contribution is -2.11. The Bertz CT molecular complexity index is 962. The van der Waals surface area contributed by atoms with Crippen LogP contribution in [0.3, 0.4) is 0 Å². The van der Waals surface area contributed by atoms with Crippen LogP contribution in [0.25, 0.3) is 33.4 Å². The largest absolute Gasteiger partial charge is 0.507 e. The van der Waals surface area contributed by atoms with Crippen LogP contribution < -0.4 is 5.22 Å². The van der Waals surface area contributed by atoms with Gasteiger partial charge in [-0.05, 0) is 34.5 Å². The van der Waals surface area contributed by atoms with E-state index in [1.165, 1.54) is 0 Å². The first-order valence-electron chi connectivity index (χ1n) is 6.51. The molecule has 1 aliphatic rings. The van der Waals surface area contributed by atoms with Crippen molar-refractivity contribution in [2.45, 2.75) is 0 Å². The maximum Gasteiger partial charge on any atom is 0.124 e. The van der Waals surface area contributed by atoms with Crippen molar-refractivity contribution >= 4 is 33.4 Å². The Morgan fingerprint density at radius 1 is 0.800 bits per heavy atom. The van der Waals surface area contributed by atoms with E-state index in [9.17, 15) is 10.2 Å². The summed E-state index contributed by atoms with van der Waals surface area (Å²) in [6, 6.07) is 11.5. The minimum atomic E-state index is 0.253. The highest BCUT2D eigenvalue weighted by molar-refractivity contribution is 6.13. The fraction of sp³-hybridized carbons (Fsp3) is 0. The number of hydrogen-bond acceptors (Lipinski definition) is 2. The molecule has 0 radical (unpaired) electrons. The Hall–Kier alpha value is -2.74. The normalized spacial score (nSPS) is 13.9. The predicted octanol–water partition coefficient (Wildman–Crippen LogP) is 3.67. The molecule has 0 fully saturated rings. The summed E-state index contributed by atoms with van der Waals surface area (Å²) in [4.78, 5) is 0. The van der Waals surface area contributed by atoms with Crippen molar-refractivity contribution in [2.75, 3.05) is 0 Å². The van der Waals surface area contributed by atoms with Gasteiger partial charge in [-0.15, -0.1) is 0 Å². The van der Waals surface area contributed by atoms with E-state index in [1.54, 1.807) is 12.1 Å². The highest BCUT2D eigenvalue weighted by Crippen LogP contribution is 2.32. The molecule has 4 rings (SSSR count). The Labute approximate surface area is 115 Å². The third-order valence-electron chi connectivity index (χ3n) is 3.82. The first kappa shape index (κ1) is 11.1. The molecule has 2 heteroatoms. The topological polar surface area (TPSA) is 40.5 Å². The molecule has 2 N–H and O–H groups in total. The molecular formula is C18H12O2. The number of fused-ring (bicyclic) bond motifs is 2. The Balaban J connectivity index is 2.41. The van der Waals surface area contributed by atoms with Crippen LogP contribution in [0, 0.1) is 0 Å². The molecule has 0 amide bonds. The van der Waals surface area contributed by atoms with E-state index in [0.29, 0.717) is 0 Å². The number of aliphatic hydroxyl groups excluding tert-OH is 1. The van der Waals surface area contributed by atoms with E-state index in [-0.39, 0.29) is 11.5 Å². The van der Waals surface area contributed by atoms with Gasteiger partial charge in [0.1, 0.15) is 11.5 Å². The van der Waals surface area contributed by atoms with Gasteiger partial charge in [-0.2, -0.15) is 0 Å². The van der Waals surface area contributed by atoms with Gasteiger partial charge < -0.3 is 10.2 Å². The second-order valence-electron chi connectivity index (χ2n) is 4.98. The average molecular weight is 260 g/mol. The van der Waals surface area contributed by atoms with Crippen LogP contribution in [0.2, 0.25) is 0 Å². The Kier molecular flexibility index (Phi) is 2.15. The molecule has 0 atom stereocenters. The molecule has 3 aromatic carbocycles. The van der Waals surface area contributed by atoms with Crippen molar-refractivity contribution in [3.63, 3.8) is 0 Å². The number of allylic oxidation sites excluding steroid dienone is 2. The van der Waals surface area contributed by atoms with Gasteiger partial charge in [0, 0.05) is 16.0 Å². The molecule has 1 aliphatic carbocycles. The minimum absolute atomic E-state index is 0.253. The van der Waals surface area contributed by atoms with Crippen LogP contribution in [0.5, 0.6) is 5.75 Å². The summed E-state index contributed by atoms with van der Waals surface area (Å²) in [6.07, 6.45) is 7.34. The number of hydrogen-bond donors (Lipinski definition) is 2. The van der Waals surface area contributed by atoms with E-state index >= 15 is 0 Å². The Morgan fingerprint density at radius 3 is 2.55 bits per heavy atom. The standard InChI is InChI=1S/C18H12O2/c19-15-9-8-11-5-3-6-13-17(11)14(15)10-12-4-1-2-7-16(20)18(12)13/h1-10,19-20H. The smallest absolute Gasteiger partial charge is 0.124 e. The molecule has 0 spiro atoms. The SMILES string of the molecule is OC1=c2c(cc3c(O)ccc4cccc2c43)C=CC=C1. The molecule has 96 valence electrons. The molecular weight excluding hydrogens is 248 g/mol. The first-order chi connectivity index (χ1) is 9.75. The van der Waals surface area contributed by atoms with Crippen molar-refractivity contribution < 1.29 is 10.2 Å². The van der Waals surface area contributed by atoms with Gasteiger partial charge in [0.2, 0.25) is 0 Å². The quantitative estimate of drug-likeness (QED) is 0.647. The number of rotatable bonds is 0. The molecule has 3 aromatic rings. The van der Waals surface area contributed by atoms with Gasteiger partial charge in [-0.3, -0.25) is 0 Å². The summed E-state index contributed by atoms with van der Waals surface area (Å²) in [5.41, 5.74) is 0.911. The first-order valence-corrected chi connectivity index (χ1v) is 6.51. The van der Waals surface area contributed by atoms with Gasteiger partial charge in [0.15, 0.2) is 0 Å². The van der Waals surface area contributed by atoms with Gasteiger partial charge in [0.25, 0.3) is 0 Å². The summed E-state index contributed by atoms with van der Waals surface area (Å²) < 4.78 is 0. The molecule has 0 bridgehead atoms. The summed E-state index contributed by atoms with van der Waals surface area (Å²) in [5.74, 6) is 0.518. The highest BCUT2D eigenvalue weighted by atomic mass is 16.3. The summed E-state index contributed by atoms with van der Waals surface area (Å²) >= 11 is 0. The second-order valence-corrected chi connectivity index (χ2v) is 4.98. The maximum absolute atomic E-state index is 10.3. The van der Waals surface area contributed by atoms with Gasteiger partial charge in [-0.1, -0.05) is 42.5 Å². The van der Waals surface area contributed by atoms with Crippen LogP contribution in [-0.4, -0.2) is 10.2 Å². The number of aliphatic hydroxyl groups is 1. The lowest BCUT2D eigenvalue weighted by atomic mass is 9.95.